The number of aromatic amines is 1. The van der Waals surface area contributed by atoms with Crippen LogP contribution in [-0.2, 0) is 33.0 Å². The van der Waals surface area contributed by atoms with E-state index in [9.17, 15) is 21.6 Å². The Hall–Kier alpha value is -3.03. The molecule has 2 heterocycles. The van der Waals surface area contributed by atoms with E-state index < -0.39 is 26.0 Å². The number of nitrogens with two attached hydrogens (primary N) is 1. The maximum atomic E-state index is 13.2. The lowest BCUT2D eigenvalue weighted by molar-refractivity contribution is 0.100. The summed E-state index contributed by atoms with van der Waals surface area (Å²) in [5.41, 5.74) is 10.9. The van der Waals surface area contributed by atoms with Crippen LogP contribution in [0.25, 0.3) is 22.0 Å². The highest BCUT2D eigenvalue weighted by molar-refractivity contribution is 9.10. The SMILES string of the molecule is CCc1cc(Br)ccc1S(=O)(=O)NCc1cccc(-c2cc(C(N)=O)c3[nH]cc(C4CCN(S(=O)(=O)CC)CC4)c3c2)c1. The van der Waals surface area contributed by atoms with Crippen LogP contribution in [-0.4, -0.2) is 50.9 Å². The van der Waals surface area contributed by atoms with Gasteiger partial charge in [-0.3, -0.25) is 4.79 Å². The minimum atomic E-state index is -3.75. The highest BCUT2D eigenvalue weighted by atomic mass is 79.9. The molecule has 12 heteroatoms. The van der Waals surface area contributed by atoms with Crippen LogP contribution in [0, 0.1) is 0 Å². The summed E-state index contributed by atoms with van der Waals surface area (Å²) < 4.78 is 56.1. The largest absolute Gasteiger partial charge is 0.366 e. The molecule has 228 valence electrons. The lowest BCUT2D eigenvalue weighted by Gasteiger charge is -2.31. The van der Waals surface area contributed by atoms with Gasteiger partial charge in [-0.05, 0) is 96.3 Å². The van der Waals surface area contributed by atoms with E-state index in [1.54, 1.807) is 29.4 Å². The second-order valence-corrected chi connectivity index (χ2v) is 15.7. The Morgan fingerprint density at radius 3 is 2.44 bits per heavy atom. The second kappa shape index (κ2) is 12.5. The molecule has 1 aromatic heterocycles. The summed E-state index contributed by atoms with van der Waals surface area (Å²) in [7, 11) is -6.98. The molecular formula is C31H35BrN4O5S2. The molecule has 0 unspecified atom stereocenters. The third kappa shape index (κ3) is 6.58. The van der Waals surface area contributed by atoms with Crippen molar-refractivity contribution in [3.05, 3.63) is 87.5 Å². The van der Waals surface area contributed by atoms with E-state index in [4.69, 9.17) is 5.73 Å². The monoisotopic (exact) mass is 686 g/mol. The topological polar surface area (TPSA) is 142 Å². The molecule has 3 aromatic carbocycles. The molecule has 0 spiro atoms. The zero-order valence-electron chi connectivity index (χ0n) is 24.1. The normalized spacial score (nSPS) is 15.2. The third-order valence-corrected chi connectivity index (χ3v) is 12.0. The summed E-state index contributed by atoms with van der Waals surface area (Å²) in [6.07, 6.45) is 3.83. The van der Waals surface area contributed by atoms with Gasteiger partial charge in [-0.25, -0.2) is 25.9 Å². The molecule has 1 aliphatic rings. The average molecular weight is 688 g/mol. The molecule has 1 saturated heterocycles. The molecule has 1 aliphatic heterocycles. The standard InChI is InChI=1S/C31H35BrN4O5S2/c1-3-21-15-25(32)8-9-29(21)43(40,41)35-18-20-6-5-7-23(14-20)24-16-26-28(19-34-30(26)27(17-24)31(33)37)22-10-12-36(13-11-22)42(38,39)4-2/h5-9,14-17,19,22,34-35H,3-4,10-13,18H2,1-2H3,(H2,33,37). The summed E-state index contributed by atoms with van der Waals surface area (Å²) in [5, 5.41) is 0.872. The Labute approximate surface area is 261 Å². The first-order valence-corrected chi connectivity index (χ1v) is 18.1. The maximum Gasteiger partial charge on any atom is 0.250 e. The zero-order valence-corrected chi connectivity index (χ0v) is 27.3. The number of carbonyl (C=O) groups excluding carboxylic acids is 1. The van der Waals surface area contributed by atoms with Crippen LogP contribution in [0.4, 0.5) is 0 Å². The number of benzene rings is 3. The highest BCUT2D eigenvalue weighted by Gasteiger charge is 2.29. The van der Waals surface area contributed by atoms with Gasteiger partial charge in [0.1, 0.15) is 0 Å². The van der Waals surface area contributed by atoms with Crippen molar-refractivity contribution >= 4 is 52.8 Å². The maximum absolute atomic E-state index is 13.2. The summed E-state index contributed by atoms with van der Waals surface area (Å²) in [4.78, 5) is 16.0. The Morgan fingerprint density at radius 2 is 1.77 bits per heavy atom. The summed E-state index contributed by atoms with van der Waals surface area (Å²) in [6.45, 7) is 4.57. The van der Waals surface area contributed by atoms with Crippen LogP contribution in [0.3, 0.4) is 0 Å². The fraction of sp³-hybridized carbons (Fsp3) is 0.323. The Kier molecular flexibility index (Phi) is 9.15. The van der Waals surface area contributed by atoms with Gasteiger partial charge in [-0.15, -0.1) is 0 Å². The number of hydrogen-bond donors (Lipinski definition) is 3. The Morgan fingerprint density at radius 1 is 1.02 bits per heavy atom. The molecule has 4 aromatic rings. The van der Waals surface area contributed by atoms with Crippen LogP contribution >= 0.6 is 15.9 Å². The van der Waals surface area contributed by atoms with Gasteiger partial charge < -0.3 is 10.7 Å². The first kappa shape index (κ1) is 31.4. The van der Waals surface area contributed by atoms with Crippen molar-refractivity contribution in [2.45, 2.75) is 50.5 Å². The van der Waals surface area contributed by atoms with Crippen molar-refractivity contribution in [1.29, 1.82) is 0 Å². The number of nitrogens with zero attached hydrogens (tertiary/aromatic N) is 1. The van der Waals surface area contributed by atoms with Crippen molar-refractivity contribution in [2.24, 2.45) is 5.73 Å². The second-order valence-electron chi connectivity index (χ2n) is 10.8. The molecule has 1 fully saturated rings. The van der Waals surface area contributed by atoms with Gasteiger partial charge in [-0.2, -0.15) is 0 Å². The third-order valence-electron chi connectivity index (χ3n) is 8.16. The van der Waals surface area contributed by atoms with E-state index in [2.05, 4.69) is 25.6 Å². The molecule has 5 rings (SSSR count). The number of aromatic nitrogens is 1. The van der Waals surface area contributed by atoms with Crippen LogP contribution < -0.4 is 10.5 Å². The number of piperidine rings is 1. The first-order chi connectivity index (χ1) is 20.4. The lowest BCUT2D eigenvalue weighted by atomic mass is 9.88. The highest BCUT2D eigenvalue weighted by Crippen LogP contribution is 2.37. The van der Waals surface area contributed by atoms with E-state index in [1.165, 1.54) is 0 Å². The average Bonchev–Trinajstić information content (AvgIpc) is 3.43. The quantitative estimate of drug-likeness (QED) is 0.208. The number of aryl methyl sites for hydroxylation is 1. The molecule has 9 nitrogen and oxygen atoms in total. The molecule has 0 aliphatic carbocycles. The van der Waals surface area contributed by atoms with Crippen molar-refractivity contribution < 1.29 is 21.6 Å². The number of nitrogens with one attached hydrogen (secondary N) is 2. The summed E-state index contributed by atoms with van der Waals surface area (Å²) in [6, 6.07) is 16.4. The molecular weight excluding hydrogens is 652 g/mol. The minimum absolute atomic E-state index is 0.0839. The van der Waals surface area contributed by atoms with Crippen molar-refractivity contribution in [1.82, 2.24) is 14.0 Å². The molecule has 43 heavy (non-hydrogen) atoms. The molecule has 4 N–H and O–H groups in total. The number of H-pyrrole nitrogens is 1. The van der Waals surface area contributed by atoms with Crippen LogP contribution in [0.2, 0.25) is 0 Å². The van der Waals surface area contributed by atoms with Crippen molar-refractivity contribution in [2.75, 3.05) is 18.8 Å². The number of sulfonamides is 2. The Balaban J connectivity index is 1.43. The Bertz CT molecular complexity index is 1900. The van der Waals surface area contributed by atoms with E-state index in [1.807, 2.05) is 49.5 Å². The summed E-state index contributed by atoms with van der Waals surface area (Å²) in [5.74, 6) is -0.352. The van der Waals surface area contributed by atoms with E-state index in [-0.39, 0.29) is 23.1 Å². The van der Waals surface area contributed by atoms with Gasteiger partial charge >= 0.3 is 0 Å². The lowest BCUT2D eigenvalue weighted by Crippen LogP contribution is -2.38. The fourth-order valence-corrected chi connectivity index (χ4v) is 8.63. The number of rotatable bonds is 10. The predicted octanol–water partition coefficient (Wildman–Crippen LogP) is 5.27. The van der Waals surface area contributed by atoms with Crippen LogP contribution in [0.1, 0.15) is 59.7 Å². The molecule has 0 atom stereocenters. The van der Waals surface area contributed by atoms with Gasteiger partial charge in [0.15, 0.2) is 0 Å². The van der Waals surface area contributed by atoms with Gasteiger partial charge in [0.25, 0.3) is 5.91 Å². The number of fused-ring (bicyclic) bond motifs is 1. The van der Waals surface area contributed by atoms with Crippen LogP contribution in [0.5, 0.6) is 0 Å². The van der Waals surface area contributed by atoms with Gasteiger partial charge in [0.2, 0.25) is 20.0 Å². The fourth-order valence-electron chi connectivity index (χ4n) is 5.78. The van der Waals surface area contributed by atoms with E-state index in [0.29, 0.717) is 43.4 Å². The molecule has 0 saturated carbocycles. The number of hydrogen-bond acceptors (Lipinski definition) is 5. The predicted molar refractivity (Wildman–Crippen MR) is 173 cm³/mol. The molecule has 1 amide bonds. The smallest absolute Gasteiger partial charge is 0.250 e. The molecule has 0 bridgehead atoms. The zero-order chi connectivity index (χ0) is 30.9. The van der Waals surface area contributed by atoms with E-state index >= 15 is 0 Å². The number of primary amides is 1. The van der Waals surface area contributed by atoms with Crippen molar-refractivity contribution in [3.8, 4) is 11.1 Å². The summed E-state index contributed by atoms with van der Waals surface area (Å²) >= 11 is 3.41. The number of amides is 1. The molecule has 0 radical (unpaired) electrons. The van der Waals surface area contributed by atoms with Gasteiger partial charge in [0, 0.05) is 35.7 Å². The van der Waals surface area contributed by atoms with Gasteiger partial charge in [-0.1, -0.05) is 41.1 Å². The first-order valence-electron chi connectivity index (χ1n) is 14.2. The van der Waals surface area contributed by atoms with E-state index in [0.717, 1.165) is 37.7 Å². The number of halogens is 1. The van der Waals surface area contributed by atoms with Crippen molar-refractivity contribution in [3.63, 3.8) is 0 Å². The van der Waals surface area contributed by atoms with Gasteiger partial charge in [0.05, 0.1) is 21.7 Å². The van der Waals surface area contributed by atoms with Crippen LogP contribution in [0.15, 0.2) is 70.2 Å². The number of carbonyl (C=O) groups is 1. The minimum Gasteiger partial charge on any atom is -0.366 e.